The van der Waals surface area contributed by atoms with Gasteiger partial charge in [-0.1, -0.05) is 35.5 Å². The average Bonchev–Trinajstić information content (AvgIpc) is 3.18. The number of aromatic amines is 1. The number of hydrogen-bond acceptors (Lipinski definition) is 4. The number of amides is 1. The Balaban J connectivity index is 1.75. The molecular weight excluding hydrogens is 268 g/mol. The molecule has 106 valence electrons. The third-order valence-electron chi connectivity index (χ3n) is 3.11. The summed E-state index contributed by atoms with van der Waals surface area (Å²) in [5.74, 6) is 0.387. The Morgan fingerprint density at radius 3 is 2.86 bits per heavy atom. The Hall–Kier alpha value is -2.89. The first-order valence-electron chi connectivity index (χ1n) is 6.49. The lowest BCUT2D eigenvalue weighted by Crippen LogP contribution is -2.26. The molecule has 0 aliphatic carbocycles. The summed E-state index contributed by atoms with van der Waals surface area (Å²) >= 11 is 0. The molecule has 2 heterocycles. The number of benzene rings is 1. The van der Waals surface area contributed by atoms with Crippen molar-refractivity contribution in [2.75, 3.05) is 7.05 Å². The highest BCUT2D eigenvalue weighted by Crippen LogP contribution is 2.20. The Labute approximate surface area is 121 Å². The second-order valence-electron chi connectivity index (χ2n) is 4.71. The monoisotopic (exact) mass is 282 g/mol. The van der Waals surface area contributed by atoms with Crippen molar-refractivity contribution < 1.29 is 9.32 Å². The van der Waals surface area contributed by atoms with Crippen LogP contribution in [0.4, 0.5) is 0 Å². The van der Waals surface area contributed by atoms with Gasteiger partial charge in [0.2, 0.25) is 0 Å². The van der Waals surface area contributed by atoms with Crippen LogP contribution in [0.25, 0.3) is 11.3 Å². The first-order valence-corrected chi connectivity index (χ1v) is 6.49. The standard InChI is InChI=1S/C15H14N4O2/c1-19(10-11-8-16-17-9-11)15(20)13-7-14(21-18-13)12-5-3-2-4-6-12/h2-9H,10H2,1H3,(H,16,17). The Morgan fingerprint density at radius 1 is 1.33 bits per heavy atom. The molecule has 0 unspecified atom stereocenters. The number of nitrogens with zero attached hydrogens (tertiary/aromatic N) is 3. The number of nitrogens with one attached hydrogen (secondary N) is 1. The van der Waals surface area contributed by atoms with Crippen molar-refractivity contribution in [3.05, 3.63) is 60.0 Å². The molecule has 0 saturated heterocycles. The number of carbonyl (C=O) groups is 1. The molecular formula is C15H14N4O2. The molecule has 1 amide bonds. The van der Waals surface area contributed by atoms with Crippen LogP contribution >= 0.6 is 0 Å². The maximum absolute atomic E-state index is 12.3. The minimum Gasteiger partial charge on any atom is -0.355 e. The average molecular weight is 282 g/mol. The minimum atomic E-state index is -0.192. The molecule has 0 spiro atoms. The van der Waals surface area contributed by atoms with Gasteiger partial charge in [-0.15, -0.1) is 0 Å². The number of H-pyrrole nitrogens is 1. The predicted molar refractivity (Wildman–Crippen MR) is 76.3 cm³/mol. The molecule has 3 rings (SSSR count). The van der Waals surface area contributed by atoms with Gasteiger partial charge in [0.1, 0.15) is 0 Å². The van der Waals surface area contributed by atoms with Crippen LogP contribution < -0.4 is 0 Å². The lowest BCUT2D eigenvalue weighted by molar-refractivity contribution is 0.0775. The molecule has 0 fully saturated rings. The van der Waals surface area contributed by atoms with Gasteiger partial charge in [0.05, 0.1) is 6.20 Å². The van der Waals surface area contributed by atoms with E-state index in [9.17, 15) is 4.79 Å². The smallest absolute Gasteiger partial charge is 0.276 e. The molecule has 21 heavy (non-hydrogen) atoms. The van der Waals surface area contributed by atoms with E-state index in [2.05, 4.69) is 15.4 Å². The molecule has 0 aliphatic rings. The highest BCUT2D eigenvalue weighted by Gasteiger charge is 2.18. The zero-order chi connectivity index (χ0) is 14.7. The quantitative estimate of drug-likeness (QED) is 0.797. The zero-order valence-electron chi connectivity index (χ0n) is 11.5. The molecule has 0 atom stereocenters. The van der Waals surface area contributed by atoms with E-state index >= 15 is 0 Å². The summed E-state index contributed by atoms with van der Waals surface area (Å²) in [6.45, 7) is 0.461. The van der Waals surface area contributed by atoms with E-state index < -0.39 is 0 Å². The molecule has 0 radical (unpaired) electrons. The van der Waals surface area contributed by atoms with Crippen LogP contribution in [-0.4, -0.2) is 33.2 Å². The topological polar surface area (TPSA) is 75.0 Å². The summed E-state index contributed by atoms with van der Waals surface area (Å²) in [5.41, 5.74) is 2.11. The Kier molecular flexibility index (Phi) is 3.51. The van der Waals surface area contributed by atoms with E-state index in [1.807, 2.05) is 30.3 Å². The molecule has 3 aromatic rings. The first-order chi connectivity index (χ1) is 10.2. The maximum Gasteiger partial charge on any atom is 0.276 e. The molecule has 0 aliphatic heterocycles. The van der Waals surface area contributed by atoms with Crippen LogP contribution in [0.15, 0.2) is 53.3 Å². The van der Waals surface area contributed by atoms with Crippen LogP contribution in [0.2, 0.25) is 0 Å². The van der Waals surface area contributed by atoms with Crippen molar-refractivity contribution in [3.63, 3.8) is 0 Å². The van der Waals surface area contributed by atoms with E-state index in [0.717, 1.165) is 11.1 Å². The summed E-state index contributed by atoms with van der Waals surface area (Å²) in [4.78, 5) is 13.9. The fourth-order valence-corrected chi connectivity index (χ4v) is 2.02. The number of hydrogen-bond donors (Lipinski definition) is 1. The van der Waals surface area contributed by atoms with Gasteiger partial charge >= 0.3 is 0 Å². The van der Waals surface area contributed by atoms with Crippen LogP contribution in [0.3, 0.4) is 0 Å². The van der Waals surface area contributed by atoms with Crippen LogP contribution in [0.1, 0.15) is 16.1 Å². The number of aromatic nitrogens is 3. The van der Waals surface area contributed by atoms with E-state index in [0.29, 0.717) is 18.0 Å². The molecule has 6 nitrogen and oxygen atoms in total. The molecule has 0 saturated carbocycles. The van der Waals surface area contributed by atoms with Gasteiger partial charge in [-0.2, -0.15) is 5.10 Å². The third-order valence-corrected chi connectivity index (χ3v) is 3.11. The van der Waals surface area contributed by atoms with Crippen molar-refractivity contribution in [2.24, 2.45) is 0 Å². The van der Waals surface area contributed by atoms with Crippen molar-refractivity contribution in [3.8, 4) is 11.3 Å². The van der Waals surface area contributed by atoms with E-state index in [4.69, 9.17) is 4.52 Å². The molecule has 1 N–H and O–H groups in total. The lowest BCUT2D eigenvalue weighted by atomic mass is 10.1. The SMILES string of the molecule is CN(Cc1cn[nH]c1)C(=O)c1cc(-c2ccccc2)on1. The number of rotatable bonds is 4. The highest BCUT2D eigenvalue weighted by atomic mass is 16.5. The van der Waals surface area contributed by atoms with E-state index in [-0.39, 0.29) is 5.91 Å². The Morgan fingerprint density at radius 2 is 2.14 bits per heavy atom. The Bertz CT molecular complexity index is 719. The summed E-state index contributed by atoms with van der Waals surface area (Å²) in [5, 5.41) is 10.4. The van der Waals surface area contributed by atoms with Gasteiger partial charge in [-0.05, 0) is 0 Å². The summed E-state index contributed by atoms with van der Waals surface area (Å²) in [6, 6.07) is 11.2. The van der Waals surface area contributed by atoms with Gasteiger partial charge in [0.15, 0.2) is 11.5 Å². The lowest BCUT2D eigenvalue weighted by Gasteiger charge is -2.13. The van der Waals surface area contributed by atoms with Crippen molar-refractivity contribution >= 4 is 5.91 Å². The van der Waals surface area contributed by atoms with Gasteiger partial charge in [-0.3, -0.25) is 9.89 Å². The van der Waals surface area contributed by atoms with Crippen molar-refractivity contribution in [1.29, 1.82) is 0 Å². The largest absolute Gasteiger partial charge is 0.355 e. The molecule has 1 aromatic carbocycles. The summed E-state index contributed by atoms with van der Waals surface area (Å²) in [7, 11) is 1.71. The molecule has 0 bridgehead atoms. The van der Waals surface area contributed by atoms with Gasteiger partial charge in [0, 0.05) is 37.0 Å². The highest BCUT2D eigenvalue weighted by molar-refractivity contribution is 5.92. The maximum atomic E-state index is 12.3. The zero-order valence-corrected chi connectivity index (χ0v) is 11.5. The van der Waals surface area contributed by atoms with E-state index in [1.54, 1.807) is 30.4 Å². The van der Waals surface area contributed by atoms with Crippen LogP contribution in [0, 0.1) is 0 Å². The predicted octanol–water partition coefficient (Wildman–Crippen LogP) is 2.34. The fourth-order valence-electron chi connectivity index (χ4n) is 2.02. The number of carbonyl (C=O) groups excluding carboxylic acids is 1. The van der Waals surface area contributed by atoms with Gasteiger partial charge in [-0.25, -0.2) is 0 Å². The van der Waals surface area contributed by atoms with Crippen LogP contribution in [-0.2, 0) is 6.54 Å². The van der Waals surface area contributed by atoms with Gasteiger partial charge in [0.25, 0.3) is 5.91 Å². The second kappa shape index (κ2) is 5.62. The van der Waals surface area contributed by atoms with Gasteiger partial charge < -0.3 is 9.42 Å². The fraction of sp³-hybridized carbons (Fsp3) is 0.133. The second-order valence-corrected chi connectivity index (χ2v) is 4.71. The summed E-state index contributed by atoms with van der Waals surface area (Å²) in [6.07, 6.45) is 3.43. The van der Waals surface area contributed by atoms with E-state index in [1.165, 1.54) is 0 Å². The minimum absolute atomic E-state index is 0.192. The van der Waals surface area contributed by atoms with Crippen molar-refractivity contribution in [2.45, 2.75) is 6.54 Å². The molecule has 2 aromatic heterocycles. The third kappa shape index (κ3) is 2.84. The van der Waals surface area contributed by atoms with Crippen molar-refractivity contribution in [1.82, 2.24) is 20.3 Å². The van der Waals surface area contributed by atoms with Crippen LogP contribution in [0.5, 0.6) is 0 Å². The molecule has 6 heteroatoms. The normalized spacial score (nSPS) is 10.5. The first kappa shape index (κ1) is 13.1. The summed E-state index contributed by atoms with van der Waals surface area (Å²) < 4.78 is 5.24.